The Hall–Kier alpha value is -0.710. The van der Waals surface area contributed by atoms with E-state index in [-0.39, 0.29) is 5.75 Å². The molecule has 0 saturated carbocycles. The van der Waals surface area contributed by atoms with E-state index in [4.69, 9.17) is 11.6 Å². The Bertz CT molecular complexity index is 521. The van der Waals surface area contributed by atoms with Gasteiger partial charge in [-0.05, 0) is 40.2 Å². The molecule has 1 N–H and O–H groups in total. The molecule has 0 aliphatic rings. The Labute approximate surface area is 111 Å². The van der Waals surface area contributed by atoms with Gasteiger partial charge in [-0.25, -0.2) is 4.98 Å². The topological polar surface area (TPSA) is 33.1 Å². The molecule has 2 rings (SSSR count). The highest BCUT2D eigenvalue weighted by molar-refractivity contribution is 9.10. The minimum atomic E-state index is 0.245. The van der Waals surface area contributed by atoms with Crippen molar-refractivity contribution in [2.24, 2.45) is 0 Å². The van der Waals surface area contributed by atoms with Crippen molar-refractivity contribution >= 4 is 39.3 Å². The summed E-state index contributed by atoms with van der Waals surface area (Å²) in [6.45, 7) is 0. The van der Waals surface area contributed by atoms with E-state index in [2.05, 4.69) is 20.9 Å². The maximum absolute atomic E-state index is 9.34. The third-order valence-electron chi connectivity index (χ3n) is 1.81. The first-order chi connectivity index (χ1) is 7.65. The molecule has 0 saturated heterocycles. The highest BCUT2D eigenvalue weighted by Gasteiger charge is 2.05. The van der Waals surface area contributed by atoms with Crippen molar-refractivity contribution in [2.75, 3.05) is 0 Å². The molecule has 0 unspecified atom stereocenters. The summed E-state index contributed by atoms with van der Waals surface area (Å²) in [7, 11) is 0. The van der Waals surface area contributed by atoms with Gasteiger partial charge in [0, 0.05) is 11.1 Å². The monoisotopic (exact) mass is 315 g/mol. The average molecular weight is 317 g/mol. The molecule has 0 fully saturated rings. The standard InChI is InChI=1S/C11H7BrClNOS/c12-10-4-7(13)6-14-11(10)16-9-3-1-2-8(15)5-9/h1-6,15H. The van der Waals surface area contributed by atoms with E-state index in [0.29, 0.717) is 5.02 Å². The highest BCUT2D eigenvalue weighted by atomic mass is 79.9. The SMILES string of the molecule is Oc1cccc(Sc2ncc(Cl)cc2Br)c1. The lowest BCUT2D eigenvalue weighted by Crippen LogP contribution is -1.81. The number of aromatic hydroxyl groups is 1. The van der Waals surface area contributed by atoms with Crippen LogP contribution in [0.15, 0.2) is 50.9 Å². The molecule has 2 nitrogen and oxygen atoms in total. The number of aromatic nitrogens is 1. The molecule has 0 radical (unpaired) electrons. The van der Waals surface area contributed by atoms with Crippen LogP contribution < -0.4 is 0 Å². The van der Waals surface area contributed by atoms with Crippen LogP contribution in [0.5, 0.6) is 5.75 Å². The fourth-order valence-corrected chi connectivity index (χ4v) is 2.83. The van der Waals surface area contributed by atoms with Crippen molar-refractivity contribution in [3.8, 4) is 5.75 Å². The first-order valence-electron chi connectivity index (χ1n) is 4.43. The third-order valence-corrected chi connectivity index (χ3v) is 3.89. The largest absolute Gasteiger partial charge is 0.508 e. The fourth-order valence-electron chi connectivity index (χ4n) is 1.14. The Balaban J connectivity index is 2.27. The molecular weight excluding hydrogens is 310 g/mol. The van der Waals surface area contributed by atoms with Gasteiger partial charge in [0.15, 0.2) is 0 Å². The lowest BCUT2D eigenvalue weighted by molar-refractivity contribution is 0.474. The van der Waals surface area contributed by atoms with Gasteiger partial charge in [-0.2, -0.15) is 0 Å². The van der Waals surface area contributed by atoms with Gasteiger partial charge in [0.25, 0.3) is 0 Å². The molecule has 1 aromatic carbocycles. The number of nitrogens with zero attached hydrogens (tertiary/aromatic N) is 1. The second-order valence-electron chi connectivity index (χ2n) is 3.04. The van der Waals surface area contributed by atoms with Crippen LogP contribution in [0.4, 0.5) is 0 Å². The van der Waals surface area contributed by atoms with Gasteiger partial charge in [-0.3, -0.25) is 0 Å². The summed E-state index contributed by atoms with van der Waals surface area (Å²) in [4.78, 5) is 5.13. The van der Waals surface area contributed by atoms with Crippen LogP contribution in [0.25, 0.3) is 0 Å². The van der Waals surface area contributed by atoms with Gasteiger partial charge in [-0.1, -0.05) is 29.4 Å². The number of phenols is 1. The van der Waals surface area contributed by atoms with Gasteiger partial charge in [0.1, 0.15) is 10.8 Å². The minimum absolute atomic E-state index is 0.245. The number of hydrogen-bond donors (Lipinski definition) is 1. The number of benzene rings is 1. The third kappa shape index (κ3) is 2.90. The van der Waals surface area contributed by atoms with E-state index in [1.54, 1.807) is 30.5 Å². The normalized spacial score (nSPS) is 10.4. The first-order valence-corrected chi connectivity index (χ1v) is 6.42. The van der Waals surface area contributed by atoms with E-state index < -0.39 is 0 Å². The van der Waals surface area contributed by atoms with Gasteiger partial charge in [-0.15, -0.1) is 0 Å². The summed E-state index contributed by atoms with van der Waals surface area (Å²) in [6.07, 6.45) is 1.59. The Morgan fingerprint density at radius 3 is 2.81 bits per heavy atom. The van der Waals surface area contributed by atoms with E-state index in [1.165, 1.54) is 11.8 Å². The maximum Gasteiger partial charge on any atom is 0.116 e. The first kappa shape index (κ1) is 11.8. The summed E-state index contributed by atoms with van der Waals surface area (Å²) in [5, 5.41) is 10.7. The van der Waals surface area contributed by atoms with Crippen LogP contribution in [0, 0.1) is 0 Å². The molecule has 0 bridgehead atoms. The van der Waals surface area contributed by atoms with Crippen LogP contribution >= 0.6 is 39.3 Å². The van der Waals surface area contributed by atoms with Crippen LogP contribution in [-0.2, 0) is 0 Å². The number of hydrogen-bond acceptors (Lipinski definition) is 3. The van der Waals surface area contributed by atoms with Gasteiger partial charge >= 0.3 is 0 Å². The molecule has 0 amide bonds. The van der Waals surface area contributed by atoms with Crippen molar-refractivity contribution in [3.05, 3.63) is 46.0 Å². The van der Waals surface area contributed by atoms with Crippen molar-refractivity contribution < 1.29 is 5.11 Å². The van der Waals surface area contributed by atoms with E-state index in [0.717, 1.165) is 14.4 Å². The Morgan fingerprint density at radius 2 is 2.12 bits per heavy atom. The minimum Gasteiger partial charge on any atom is -0.508 e. The van der Waals surface area contributed by atoms with E-state index >= 15 is 0 Å². The molecule has 16 heavy (non-hydrogen) atoms. The molecule has 82 valence electrons. The molecule has 0 atom stereocenters. The Morgan fingerprint density at radius 1 is 1.31 bits per heavy atom. The summed E-state index contributed by atoms with van der Waals surface area (Å²) in [5.41, 5.74) is 0. The summed E-state index contributed by atoms with van der Waals surface area (Å²) in [6, 6.07) is 8.82. The molecule has 1 aromatic heterocycles. The second kappa shape index (κ2) is 5.08. The number of phenolic OH excluding ortho intramolecular Hbond substituents is 1. The lowest BCUT2D eigenvalue weighted by atomic mass is 10.3. The van der Waals surface area contributed by atoms with E-state index in [1.807, 2.05) is 6.07 Å². The average Bonchev–Trinajstić information content (AvgIpc) is 2.22. The second-order valence-corrected chi connectivity index (χ2v) is 5.39. The molecule has 0 aliphatic carbocycles. The van der Waals surface area contributed by atoms with Crippen molar-refractivity contribution in [1.29, 1.82) is 0 Å². The van der Waals surface area contributed by atoms with Gasteiger partial charge in [0.2, 0.25) is 0 Å². The summed E-state index contributed by atoms with van der Waals surface area (Å²) >= 11 is 10.7. The molecule has 1 heterocycles. The highest BCUT2D eigenvalue weighted by Crippen LogP contribution is 2.33. The molecular formula is C11H7BrClNOS. The number of halogens is 2. The van der Waals surface area contributed by atoms with Gasteiger partial charge < -0.3 is 5.11 Å². The van der Waals surface area contributed by atoms with Crippen molar-refractivity contribution in [1.82, 2.24) is 4.98 Å². The summed E-state index contributed by atoms with van der Waals surface area (Å²) in [5.74, 6) is 0.245. The van der Waals surface area contributed by atoms with Crippen molar-refractivity contribution in [2.45, 2.75) is 9.92 Å². The lowest BCUT2D eigenvalue weighted by Gasteiger charge is -2.03. The Kier molecular flexibility index (Phi) is 3.74. The van der Waals surface area contributed by atoms with Crippen LogP contribution in [-0.4, -0.2) is 10.1 Å². The molecule has 2 aromatic rings. The zero-order chi connectivity index (χ0) is 11.5. The number of pyridine rings is 1. The molecule has 0 spiro atoms. The smallest absolute Gasteiger partial charge is 0.116 e. The fraction of sp³-hybridized carbons (Fsp3) is 0. The van der Waals surface area contributed by atoms with Crippen LogP contribution in [0.3, 0.4) is 0 Å². The van der Waals surface area contributed by atoms with Crippen molar-refractivity contribution in [3.63, 3.8) is 0 Å². The predicted octanol–water partition coefficient (Wildman–Crippen LogP) is 4.35. The number of rotatable bonds is 2. The van der Waals surface area contributed by atoms with Crippen LogP contribution in [0.1, 0.15) is 0 Å². The molecule has 0 aliphatic heterocycles. The maximum atomic E-state index is 9.34. The molecule has 5 heteroatoms. The zero-order valence-corrected chi connectivity index (χ0v) is 11.2. The quantitative estimate of drug-likeness (QED) is 0.894. The summed E-state index contributed by atoms with van der Waals surface area (Å²) < 4.78 is 0.841. The van der Waals surface area contributed by atoms with Gasteiger partial charge in [0.05, 0.1) is 9.50 Å². The van der Waals surface area contributed by atoms with Crippen LogP contribution in [0.2, 0.25) is 5.02 Å². The van der Waals surface area contributed by atoms with E-state index in [9.17, 15) is 5.11 Å². The predicted molar refractivity (Wildman–Crippen MR) is 69.2 cm³/mol. The zero-order valence-electron chi connectivity index (χ0n) is 8.02.